The van der Waals surface area contributed by atoms with E-state index in [0.717, 1.165) is 0 Å². The number of hydrogen-bond donors (Lipinski definition) is 0. The van der Waals surface area contributed by atoms with Crippen molar-refractivity contribution in [3.8, 4) is 0 Å². The summed E-state index contributed by atoms with van der Waals surface area (Å²) in [6, 6.07) is 7.74. The van der Waals surface area contributed by atoms with E-state index in [-0.39, 0.29) is 23.7 Å². The van der Waals surface area contributed by atoms with Crippen molar-refractivity contribution in [2.24, 2.45) is 5.92 Å². The molecule has 0 bridgehead atoms. The van der Waals surface area contributed by atoms with E-state index in [0.29, 0.717) is 24.6 Å². The van der Waals surface area contributed by atoms with Gasteiger partial charge in [-0.3, -0.25) is 9.59 Å². The summed E-state index contributed by atoms with van der Waals surface area (Å²) in [5, 5.41) is 0. The van der Waals surface area contributed by atoms with E-state index < -0.39 is 0 Å². The first-order valence-electron chi connectivity index (χ1n) is 8.11. The molecular weight excluding hydrogens is 290 g/mol. The largest absolute Gasteiger partial charge is 0.469 e. The summed E-state index contributed by atoms with van der Waals surface area (Å²) in [5.41, 5.74) is 1.91. The Morgan fingerprint density at radius 3 is 2.13 bits per heavy atom. The molecule has 1 amide bonds. The van der Waals surface area contributed by atoms with Gasteiger partial charge in [-0.25, -0.2) is 0 Å². The molecule has 4 nitrogen and oxygen atoms in total. The molecule has 0 aliphatic rings. The number of nitrogens with zero attached hydrogens (tertiary/aromatic N) is 1. The van der Waals surface area contributed by atoms with Crippen molar-refractivity contribution in [2.75, 3.05) is 20.2 Å². The van der Waals surface area contributed by atoms with Gasteiger partial charge in [0, 0.05) is 18.7 Å². The Kier molecular flexibility index (Phi) is 6.79. The molecule has 0 atom stereocenters. The molecule has 0 saturated heterocycles. The van der Waals surface area contributed by atoms with Gasteiger partial charge in [0.25, 0.3) is 5.91 Å². The van der Waals surface area contributed by atoms with Gasteiger partial charge in [0.2, 0.25) is 0 Å². The molecule has 1 aromatic carbocycles. The van der Waals surface area contributed by atoms with E-state index in [9.17, 15) is 9.59 Å². The first-order chi connectivity index (χ1) is 10.6. The third-order valence-corrected chi connectivity index (χ3v) is 3.68. The number of ether oxygens (including phenoxy) is 1. The number of carbonyl (C=O) groups is 2. The zero-order valence-electron chi connectivity index (χ0n) is 15.2. The quantitative estimate of drug-likeness (QED) is 0.752. The van der Waals surface area contributed by atoms with Crippen LogP contribution in [0.3, 0.4) is 0 Å². The fraction of sp³-hybridized carbons (Fsp3) is 0.579. The standard InChI is InChI=1S/C19H29NO3/c1-14(2)13-20(12-11-17(21)23-6)18(22)15-7-9-16(10-8-15)19(3,4)5/h7-10,14H,11-13H2,1-6H3. The summed E-state index contributed by atoms with van der Waals surface area (Å²) in [5.74, 6) is 0.00291. The van der Waals surface area contributed by atoms with Crippen LogP contribution in [0.25, 0.3) is 0 Å². The highest BCUT2D eigenvalue weighted by Crippen LogP contribution is 2.22. The fourth-order valence-electron chi connectivity index (χ4n) is 2.34. The Labute approximate surface area is 139 Å². The second kappa shape index (κ2) is 8.14. The summed E-state index contributed by atoms with van der Waals surface area (Å²) in [6.07, 6.45) is 0.217. The van der Waals surface area contributed by atoms with Crippen LogP contribution >= 0.6 is 0 Å². The van der Waals surface area contributed by atoms with Crippen molar-refractivity contribution < 1.29 is 14.3 Å². The van der Waals surface area contributed by atoms with Crippen LogP contribution in [0.4, 0.5) is 0 Å². The second-order valence-corrected chi connectivity index (χ2v) is 7.30. The van der Waals surface area contributed by atoms with Gasteiger partial charge in [-0.2, -0.15) is 0 Å². The van der Waals surface area contributed by atoms with E-state index in [2.05, 4.69) is 39.4 Å². The highest BCUT2D eigenvalue weighted by molar-refractivity contribution is 5.94. The molecule has 4 heteroatoms. The molecule has 0 unspecified atom stereocenters. The van der Waals surface area contributed by atoms with Crippen LogP contribution in [-0.4, -0.2) is 37.0 Å². The van der Waals surface area contributed by atoms with Gasteiger partial charge in [-0.1, -0.05) is 46.8 Å². The predicted octanol–water partition coefficient (Wildman–Crippen LogP) is 3.65. The lowest BCUT2D eigenvalue weighted by atomic mass is 9.86. The summed E-state index contributed by atoms with van der Waals surface area (Å²) < 4.78 is 4.67. The zero-order valence-corrected chi connectivity index (χ0v) is 15.2. The van der Waals surface area contributed by atoms with Crippen LogP contribution in [0.2, 0.25) is 0 Å². The Morgan fingerprint density at radius 2 is 1.70 bits per heavy atom. The maximum absolute atomic E-state index is 12.7. The molecule has 0 heterocycles. The maximum Gasteiger partial charge on any atom is 0.307 e. The van der Waals surface area contributed by atoms with Gasteiger partial charge in [0.05, 0.1) is 13.5 Å². The second-order valence-electron chi connectivity index (χ2n) is 7.30. The lowest BCUT2D eigenvalue weighted by molar-refractivity contribution is -0.140. The van der Waals surface area contributed by atoms with E-state index in [1.165, 1.54) is 12.7 Å². The summed E-state index contributed by atoms with van der Waals surface area (Å²) in [7, 11) is 1.36. The van der Waals surface area contributed by atoms with Gasteiger partial charge in [-0.15, -0.1) is 0 Å². The molecule has 0 radical (unpaired) electrons. The van der Waals surface area contributed by atoms with Gasteiger partial charge in [0.15, 0.2) is 0 Å². The number of esters is 1. The van der Waals surface area contributed by atoms with E-state index in [1.54, 1.807) is 4.90 Å². The minimum absolute atomic E-state index is 0.0388. The molecule has 1 rings (SSSR count). The highest BCUT2D eigenvalue weighted by atomic mass is 16.5. The Morgan fingerprint density at radius 1 is 1.13 bits per heavy atom. The zero-order chi connectivity index (χ0) is 17.6. The minimum atomic E-state index is -0.297. The van der Waals surface area contributed by atoms with Crippen LogP contribution in [0.15, 0.2) is 24.3 Å². The lowest BCUT2D eigenvalue weighted by Gasteiger charge is -2.25. The molecule has 0 N–H and O–H groups in total. The molecule has 0 aromatic heterocycles. The van der Waals surface area contributed by atoms with Crippen LogP contribution < -0.4 is 0 Å². The SMILES string of the molecule is COC(=O)CCN(CC(C)C)C(=O)c1ccc(C(C)(C)C)cc1. The average Bonchev–Trinajstić information content (AvgIpc) is 2.49. The summed E-state index contributed by atoms with van der Waals surface area (Å²) in [4.78, 5) is 25.8. The monoisotopic (exact) mass is 319 g/mol. The number of benzene rings is 1. The van der Waals surface area contributed by atoms with Gasteiger partial charge in [0.1, 0.15) is 0 Å². The summed E-state index contributed by atoms with van der Waals surface area (Å²) in [6.45, 7) is 11.5. The normalized spacial score (nSPS) is 11.4. The first-order valence-corrected chi connectivity index (χ1v) is 8.11. The van der Waals surface area contributed by atoms with E-state index in [4.69, 9.17) is 0 Å². The third kappa shape index (κ3) is 6.05. The number of methoxy groups -OCH3 is 1. The molecule has 0 spiro atoms. The van der Waals surface area contributed by atoms with E-state index in [1.807, 2.05) is 24.3 Å². The Hall–Kier alpha value is -1.84. The predicted molar refractivity (Wildman–Crippen MR) is 92.5 cm³/mol. The van der Waals surface area contributed by atoms with Crippen molar-refractivity contribution in [1.82, 2.24) is 4.90 Å². The molecule has 1 aromatic rings. The average molecular weight is 319 g/mol. The third-order valence-electron chi connectivity index (χ3n) is 3.68. The van der Waals surface area contributed by atoms with Crippen molar-refractivity contribution in [2.45, 2.75) is 46.5 Å². The first kappa shape index (κ1) is 19.2. The highest BCUT2D eigenvalue weighted by Gasteiger charge is 2.19. The van der Waals surface area contributed by atoms with Crippen molar-refractivity contribution in [3.63, 3.8) is 0 Å². The molecule has 128 valence electrons. The number of amides is 1. The fourth-order valence-corrected chi connectivity index (χ4v) is 2.34. The topological polar surface area (TPSA) is 46.6 Å². The number of carbonyl (C=O) groups excluding carboxylic acids is 2. The summed E-state index contributed by atoms with van der Waals surface area (Å²) >= 11 is 0. The maximum atomic E-state index is 12.7. The van der Waals surface area contributed by atoms with Gasteiger partial charge < -0.3 is 9.64 Å². The van der Waals surface area contributed by atoms with Gasteiger partial charge in [-0.05, 0) is 29.0 Å². The molecule has 0 saturated carbocycles. The van der Waals surface area contributed by atoms with Crippen molar-refractivity contribution >= 4 is 11.9 Å². The Bertz CT molecular complexity index is 527. The number of rotatable bonds is 6. The molecule has 23 heavy (non-hydrogen) atoms. The number of hydrogen-bond acceptors (Lipinski definition) is 3. The molecule has 0 aliphatic carbocycles. The lowest BCUT2D eigenvalue weighted by Crippen LogP contribution is -2.36. The molecule has 0 aliphatic heterocycles. The Balaban J connectivity index is 2.88. The van der Waals surface area contributed by atoms with Crippen molar-refractivity contribution in [1.29, 1.82) is 0 Å². The van der Waals surface area contributed by atoms with Crippen LogP contribution in [-0.2, 0) is 14.9 Å². The van der Waals surface area contributed by atoms with Crippen LogP contribution in [0.1, 0.15) is 57.0 Å². The molecular formula is C19H29NO3. The van der Waals surface area contributed by atoms with Crippen molar-refractivity contribution in [3.05, 3.63) is 35.4 Å². The smallest absolute Gasteiger partial charge is 0.307 e. The minimum Gasteiger partial charge on any atom is -0.469 e. The van der Waals surface area contributed by atoms with Crippen LogP contribution in [0.5, 0.6) is 0 Å². The van der Waals surface area contributed by atoms with E-state index >= 15 is 0 Å². The van der Waals surface area contributed by atoms with Gasteiger partial charge >= 0.3 is 5.97 Å². The van der Waals surface area contributed by atoms with Crippen LogP contribution in [0, 0.1) is 5.92 Å². The molecule has 0 fully saturated rings.